The lowest BCUT2D eigenvalue weighted by atomic mass is 10.0. The first-order valence-corrected chi connectivity index (χ1v) is 6.58. The van der Waals surface area contributed by atoms with Crippen LogP contribution in [0.15, 0.2) is 42.5 Å². The molecule has 0 saturated carbocycles. The van der Waals surface area contributed by atoms with Crippen LogP contribution in [0.3, 0.4) is 0 Å². The Bertz CT molecular complexity index is 885. The number of ether oxygens (including phenoxy) is 1. The van der Waals surface area contributed by atoms with E-state index in [1.54, 1.807) is 12.1 Å². The van der Waals surface area contributed by atoms with Crippen LogP contribution in [-0.2, 0) is 0 Å². The highest BCUT2D eigenvalue weighted by molar-refractivity contribution is 5.77. The third kappa shape index (κ3) is 1.62. The Morgan fingerprint density at radius 1 is 1.29 bits per heavy atom. The number of nitro benzene ring substituents is 1. The van der Waals surface area contributed by atoms with E-state index in [0.29, 0.717) is 11.8 Å². The standard InChI is InChI=1S/C15H11N3O3/c1-9-11-8-10(18(19)20)6-7-14(11)21-15-16-12-4-2-3-5-13(12)17(9)15/h2-9H,1H3. The van der Waals surface area contributed by atoms with Gasteiger partial charge in [-0.05, 0) is 25.1 Å². The SMILES string of the molecule is CC1c2cc([N+](=O)[O-])ccc2Oc2nc3ccccc3n21. The molecule has 0 bridgehead atoms. The normalized spacial score (nSPS) is 16.1. The Hall–Kier alpha value is -2.89. The topological polar surface area (TPSA) is 70.2 Å². The Kier molecular flexibility index (Phi) is 2.29. The van der Waals surface area contributed by atoms with Gasteiger partial charge in [0.05, 0.1) is 22.0 Å². The number of hydrogen-bond acceptors (Lipinski definition) is 4. The third-order valence-corrected chi connectivity index (χ3v) is 3.81. The lowest BCUT2D eigenvalue weighted by molar-refractivity contribution is -0.385. The van der Waals surface area contributed by atoms with E-state index in [-0.39, 0.29) is 11.7 Å². The maximum Gasteiger partial charge on any atom is 0.303 e. The molecular weight excluding hydrogens is 270 g/mol. The van der Waals surface area contributed by atoms with Gasteiger partial charge in [-0.1, -0.05) is 12.1 Å². The van der Waals surface area contributed by atoms with Crippen molar-refractivity contribution in [2.24, 2.45) is 0 Å². The summed E-state index contributed by atoms with van der Waals surface area (Å²) in [6.45, 7) is 1.99. The van der Waals surface area contributed by atoms with E-state index in [0.717, 1.165) is 16.6 Å². The number of fused-ring (bicyclic) bond motifs is 4. The Labute approximate surface area is 119 Å². The number of rotatable bonds is 1. The first kappa shape index (κ1) is 11.9. The van der Waals surface area contributed by atoms with Gasteiger partial charge in [-0.2, -0.15) is 4.98 Å². The second kappa shape index (κ2) is 4.05. The summed E-state index contributed by atoms with van der Waals surface area (Å²) < 4.78 is 7.76. The molecule has 2 heterocycles. The van der Waals surface area contributed by atoms with Gasteiger partial charge < -0.3 is 4.74 Å². The fourth-order valence-electron chi connectivity index (χ4n) is 2.77. The van der Waals surface area contributed by atoms with Crippen LogP contribution in [-0.4, -0.2) is 14.5 Å². The van der Waals surface area contributed by atoms with Crippen molar-refractivity contribution in [3.63, 3.8) is 0 Å². The van der Waals surface area contributed by atoms with Crippen molar-refractivity contribution in [1.29, 1.82) is 0 Å². The van der Waals surface area contributed by atoms with Crippen LogP contribution in [0.25, 0.3) is 11.0 Å². The number of non-ortho nitro benzene ring substituents is 1. The van der Waals surface area contributed by atoms with Crippen LogP contribution in [0.2, 0.25) is 0 Å². The fraction of sp³-hybridized carbons (Fsp3) is 0.133. The van der Waals surface area contributed by atoms with Crippen LogP contribution in [0.1, 0.15) is 18.5 Å². The number of aromatic nitrogens is 2. The van der Waals surface area contributed by atoms with Gasteiger partial charge in [0.2, 0.25) is 0 Å². The number of imidazole rings is 1. The molecule has 1 aliphatic rings. The summed E-state index contributed by atoms with van der Waals surface area (Å²) >= 11 is 0. The lowest BCUT2D eigenvalue weighted by Crippen LogP contribution is -2.14. The van der Waals surface area contributed by atoms with E-state index in [1.165, 1.54) is 6.07 Å². The van der Waals surface area contributed by atoms with Gasteiger partial charge in [0.1, 0.15) is 5.75 Å². The zero-order chi connectivity index (χ0) is 14.6. The van der Waals surface area contributed by atoms with Crippen molar-refractivity contribution in [1.82, 2.24) is 9.55 Å². The van der Waals surface area contributed by atoms with E-state index in [1.807, 2.05) is 35.8 Å². The molecule has 0 radical (unpaired) electrons. The second-order valence-corrected chi connectivity index (χ2v) is 5.01. The van der Waals surface area contributed by atoms with E-state index < -0.39 is 4.92 Å². The van der Waals surface area contributed by atoms with Gasteiger partial charge >= 0.3 is 6.01 Å². The summed E-state index contributed by atoms with van der Waals surface area (Å²) in [4.78, 5) is 15.0. The van der Waals surface area contributed by atoms with Gasteiger partial charge in [-0.3, -0.25) is 14.7 Å². The fourth-order valence-corrected chi connectivity index (χ4v) is 2.77. The monoisotopic (exact) mass is 281 g/mol. The number of nitro groups is 1. The molecule has 6 heteroatoms. The van der Waals surface area contributed by atoms with Crippen LogP contribution < -0.4 is 4.74 Å². The number of benzene rings is 2. The summed E-state index contributed by atoms with van der Waals surface area (Å²) in [5, 5.41) is 10.9. The molecule has 0 amide bonds. The van der Waals surface area contributed by atoms with Gasteiger partial charge in [-0.15, -0.1) is 0 Å². The van der Waals surface area contributed by atoms with Crippen molar-refractivity contribution in [2.45, 2.75) is 13.0 Å². The van der Waals surface area contributed by atoms with Crippen molar-refractivity contribution in [2.75, 3.05) is 0 Å². The highest BCUT2D eigenvalue weighted by atomic mass is 16.6. The lowest BCUT2D eigenvalue weighted by Gasteiger charge is -2.25. The Morgan fingerprint density at radius 2 is 2.10 bits per heavy atom. The zero-order valence-electron chi connectivity index (χ0n) is 11.2. The predicted molar refractivity (Wildman–Crippen MR) is 76.7 cm³/mol. The summed E-state index contributed by atoms with van der Waals surface area (Å²) in [6, 6.07) is 12.8. The molecule has 6 nitrogen and oxygen atoms in total. The average molecular weight is 281 g/mol. The molecule has 104 valence electrons. The second-order valence-electron chi connectivity index (χ2n) is 5.01. The van der Waals surface area contributed by atoms with E-state index in [9.17, 15) is 10.1 Å². The minimum Gasteiger partial charge on any atom is -0.425 e. The van der Waals surface area contributed by atoms with Crippen molar-refractivity contribution in [3.8, 4) is 11.8 Å². The van der Waals surface area contributed by atoms with Crippen LogP contribution in [0.5, 0.6) is 11.8 Å². The molecule has 0 N–H and O–H groups in total. The van der Waals surface area contributed by atoms with Crippen molar-refractivity contribution >= 4 is 16.7 Å². The maximum atomic E-state index is 10.9. The van der Waals surface area contributed by atoms with E-state index in [4.69, 9.17) is 4.74 Å². The van der Waals surface area contributed by atoms with Crippen LogP contribution in [0, 0.1) is 10.1 Å². The highest BCUT2D eigenvalue weighted by Gasteiger charge is 2.28. The first-order chi connectivity index (χ1) is 10.1. The molecule has 21 heavy (non-hydrogen) atoms. The minimum absolute atomic E-state index is 0.0667. The van der Waals surface area contributed by atoms with Crippen LogP contribution >= 0.6 is 0 Å². The number of nitrogens with zero attached hydrogens (tertiary/aromatic N) is 3. The molecule has 0 saturated heterocycles. The third-order valence-electron chi connectivity index (χ3n) is 3.81. The molecule has 1 aromatic heterocycles. The summed E-state index contributed by atoms with van der Waals surface area (Å²) in [6.07, 6.45) is 0. The summed E-state index contributed by atoms with van der Waals surface area (Å²) in [5.41, 5.74) is 2.66. The first-order valence-electron chi connectivity index (χ1n) is 6.58. The maximum absolute atomic E-state index is 10.9. The Balaban J connectivity index is 1.94. The molecule has 0 fully saturated rings. The van der Waals surface area contributed by atoms with Crippen molar-refractivity contribution in [3.05, 3.63) is 58.1 Å². The smallest absolute Gasteiger partial charge is 0.303 e. The van der Waals surface area contributed by atoms with Gasteiger partial charge in [0.25, 0.3) is 5.69 Å². The van der Waals surface area contributed by atoms with Gasteiger partial charge in [0, 0.05) is 17.7 Å². The van der Waals surface area contributed by atoms with E-state index >= 15 is 0 Å². The molecule has 1 aliphatic heterocycles. The molecule has 1 unspecified atom stereocenters. The van der Waals surface area contributed by atoms with Gasteiger partial charge in [0.15, 0.2) is 0 Å². The molecule has 4 rings (SSSR count). The largest absolute Gasteiger partial charge is 0.425 e. The molecule has 1 atom stereocenters. The molecular formula is C15H11N3O3. The van der Waals surface area contributed by atoms with E-state index in [2.05, 4.69) is 4.98 Å². The Morgan fingerprint density at radius 3 is 2.90 bits per heavy atom. The molecule has 0 spiro atoms. The number of para-hydroxylation sites is 2. The minimum atomic E-state index is -0.394. The quantitative estimate of drug-likeness (QED) is 0.504. The zero-order valence-corrected chi connectivity index (χ0v) is 11.2. The summed E-state index contributed by atoms with van der Waals surface area (Å²) in [5.74, 6) is 0.621. The van der Waals surface area contributed by atoms with Crippen molar-refractivity contribution < 1.29 is 9.66 Å². The average Bonchev–Trinajstić information content (AvgIpc) is 2.85. The number of hydrogen-bond donors (Lipinski definition) is 0. The highest BCUT2D eigenvalue weighted by Crippen LogP contribution is 2.42. The molecule has 2 aromatic carbocycles. The predicted octanol–water partition coefficient (Wildman–Crippen LogP) is 3.66. The summed E-state index contributed by atoms with van der Waals surface area (Å²) in [7, 11) is 0. The molecule has 0 aliphatic carbocycles. The van der Waals surface area contributed by atoms with Crippen LogP contribution in [0.4, 0.5) is 5.69 Å². The molecule has 3 aromatic rings. The van der Waals surface area contributed by atoms with Gasteiger partial charge in [-0.25, -0.2) is 0 Å².